The van der Waals surface area contributed by atoms with E-state index in [-0.39, 0.29) is 0 Å². The van der Waals surface area contributed by atoms with Gasteiger partial charge in [0.25, 0.3) is 0 Å². The fourth-order valence-corrected chi connectivity index (χ4v) is 3.62. The highest BCUT2D eigenvalue weighted by atomic mass is 15.2. The van der Waals surface area contributed by atoms with Crippen molar-refractivity contribution in [1.29, 1.82) is 0 Å². The van der Waals surface area contributed by atoms with Gasteiger partial charge in [-0.1, -0.05) is 20.8 Å². The van der Waals surface area contributed by atoms with Crippen LogP contribution in [0.1, 0.15) is 52.9 Å². The van der Waals surface area contributed by atoms with Gasteiger partial charge in [-0.2, -0.15) is 0 Å². The molecule has 0 saturated carbocycles. The van der Waals surface area contributed by atoms with Gasteiger partial charge in [-0.25, -0.2) is 0 Å². The van der Waals surface area contributed by atoms with Crippen LogP contribution in [-0.2, 0) is 0 Å². The highest BCUT2D eigenvalue weighted by Crippen LogP contribution is 2.21. The topological polar surface area (TPSA) is 32.5 Å². The summed E-state index contributed by atoms with van der Waals surface area (Å²) in [4.78, 5) is 5.18. The third-order valence-electron chi connectivity index (χ3n) is 5.02. The van der Waals surface area contributed by atoms with Crippen molar-refractivity contribution in [2.45, 2.75) is 58.9 Å². The van der Waals surface area contributed by atoms with Gasteiger partial charge in [0, 0.05) is 12.6 Å². The lowest BCUT2D eigenvalue weighted by atomic mass is 9.88. The summed E-state index contributed by atoms with van der Waals surface area (Å²) in [6.07, 6.45) is 6.62. The standard InChI is InChI=1S/C17H37N3/c1-5-20-13-7-9-17(20)14-19(4)12-6-8-16(10-11-18)15(2)3/h15-17H,5-14,18H2,1-4H3. The second-order valence-electron chi connectivity index (χ2n) is 6.91. The van der Waals surface area contributed by atoms with Gasteiger partial charge in [0.1, 0.15) is 0 Å². The van der Waals surface area contributed by atoms with Crippen molar-refractivity contribution < 1.29 is 0 Å². The Balaban J connectivity index is 2.20. The Bertz CT molecular complexity index is 242. The second kappa shape index (κ2) is 9.75. The first-order valence-electron chi connectivity index (χ1n) is 8.71. The van der Waals surface area contributed by atoms with E-state index in [1.807, 2.05) is 0 Å². The second-order valence-corrected chi connectivity index (χ2v) is 6.91. The lowest BCUT2D eigenvalue weighted by Crippen LogP contribution is -2.39. The van der Waals surface area contributed by atoms with E-state index in [2.05, 4.69) is 37.6 Å². The summed E-state index contributed by atoms with van der Waals surface area (Å²) >= 11 is 0. The van der Waals surface area contributed by atoms with Gasteiger partial charge in [0.15, 0.2) is 0 Å². The quantitative estimate of drug-likeness (QED) is 0.669. The lowest BCUT2D eigenvalue weighted by Gasteiger charge is -2.28. The van der Waals surface area contributed by atoms with Crippen LogP contribution in [0.4, 0.5) is 0 Å². The number of hydrogen-bond donors (Lipinski definition) is 1. The Hall–Kier alpha value is -0.120. The van der Waals surface area contributed by atoms with Gasteiger partial charge in [0.2, 0.25) is 0 Å². The first-order valence-corrected chi connectivity index (χ1v) is 8.71. The fraction of sp³-hybridized carbons (Fsp3) is 1.00. The zero-order valence-electron chi connectivity index (χ0n) is 14.3. The number of likely N-dealkylation sites (N-methyl/N-ethyl adjacent to an activating group) is 2. The van der Waals surface area contributed by atoms with Crippen LogP contribution in [0.3, 0.4) is 0 Å². The molecule has 3 nitrogen and oxygen atoms in total. The van der Waals surface area contributed by atoms with E-state index >= 15 is 0 Å². The van der Waals surface area contributed by atoms with Crippen molar-refractivity contribution in [1.82, 2.24) is 9.80 Å². The molecule has 0 aliphatic carbocycles. The monoisotopic (exact) mass is 283 g/mol. The molecule has 2 atom stereocenters. The predicted octanol–water partition coefficient (Wildman–Crippen LogP) is 2.80. The summed E-state index contributed by atoms with van der Waals surface area (Å²) in [5.41, 5.74) is 5.72. The molecule has 0 aromatic rings. The molecule has 0 spiro atoms. The third-order valence-corrected chi connectivity index (χ3v) is 5.02. The van der Waals surface area contributed by atoms with Gasteiger partial charge >= 0.3 is 0 Å². The Morgan fingerprint density at radius 2 is 2.05 bits per heavy atom. The Kier molecular flexibility index (Phi) is 8.74. The first-order chi connectivity index (χ1) is 9.58. The van der Waals surface area contributed by atoms with Crippen LogP contribution in [0.15, 0.2) is 0 Å². The summed E-state index contributed by atoms with van der Waals surface area (Å²) in [5, 5.41) is 0. The van der Waals surface area contributed by atoms with E-state index in [0.29, 0.717) is 0 Å². The molecule has 3 heteroatoms. The summed E-state index contributed by atoms with van der Waals surface area (Å²) in [5.74, 6) is 1.58. The van der Waals surface area contributed by atoms with E-state index in [0.717, 1.165) is 24.4 Å². The maximum absolute atomic E-state index is 5.72. The number of nitrogens with two attached hydrogens (primary N) is 1. The minimum Gasteiger partial charge on any atom is -0.330 e. The summed E-state index contributed by atoms with van der Waals surface area (Å²) in [6, 6.07) is 0.801. The molecule has 2 N–H and O–H groups in total. The molecular weight excluding hydrogens is 246 g/mol. The average molecular weight is 284 g/mol. The fourth-order valence-electron chi connectivity index (χ4n) is 3.62. The molecular formula is C17H37N3. The van der Waals surface area contributed by atoms with E-state index in [4.69, 9.17) is 5.73 Å². The van der Waals surface area contributed by atoms with Crippen LogP contribution >= 0.6 is 0 Å². The zero-order valence-corrected chi connectivity index (χ0v) is 14.3. The molecule has 1 rings (SSSR count). The van der Waals surface area contributed by atoms with Gasteiger partial charge in [-0.05, 0) is 77.2 Å². The van der Waals surface area contributed by atoms with Crippen LogP contribution in [0, 0.1) is 11.8 Å². The van der Waals surface area contributed by atoms with E-state index in [1.54, 1.807) is 0 Å². The van der Waals surface area contributed by atoms with Gasteiger partial charge in [-0.3, -0.25) is 4.90 Å². The maximum Gasteiger partial charge on any atom is 0.0223 e. The summed E-state index contributed by atoms with van der Waals surface area (Å²) in [6.45, 7) is 12.8. The normalized spacial score (nSPS) is 22.1. The molecule has 20 heavy (non-hydrogen) atoms. The van der Waals surface area contributed by atoms with Gasteiger partial charge in [-0.15, -0.1) is 0 Å². The van der Waals surface area contributed by atoms with Crippen LogP contribution in [0.25, 0.3) is 0 Å². The summed E-state index contributed by atoms with van der Waals surface area (Å²) < 4.78 is 0. The molecule has 0 amide bonds. The molecule has 2 unspecified atom stereocenters. The van der Waals surface area contributed by atoms with Crippen LogP contribution in [0.2, 0.25) is 0 Å². The number of rotatable bonds is 10. The van der Waals surface area contributed by atoms with E-state index < -0.39 is 0 Å². The molecule has 1 aliphatic rings. The van der Waals surface area contributed by atoms with Gasteiger partial charge in [0.05, 0.1) is 0 Å². The molecule has 0 aromatic heterocycles. The molecule has 1 aliphatic heterocycles. The van der Waals surface area contributed by atoms with Crippen molar-refractivity contribution >= 4 is 0 Å². The molecule has 0 radical (unpaired) electrons. The molecule has 0 aromatic carbocycles. The SMILES string of the molecule is CCN1CCCC1CN(C)CCCC(CCN)C(C)C. The molecule has 1 saturated heterocycles. The summed E-state index contributed by atoms with van der Waals surface area (Å²) in [7, 11) is 2.29. The van der Waals surface area contributed by atoms with E-state index in [1.165, 1.54) is 58.3 Å². The van der Waals surface area contributed by atoms with Crippen molar-refractivity contribution in [2.75, 3.05) is 39.8 Å². The highest BCUT2D eigenvalue weighted by molar-refractivity contribution is 4.80. The molecule has 1 heterocycles. The smallest absolute Gasteiger partial charge is 0.0223 e. The number of likely N-dealkylation sites (tertiary alicyclic amines) is 1. The Morgan fingerprint density at radius 3 is 2.65 bits per heavy atom. The number of nitrogens with zero attached hydrogens (tertiary/aromatic N) is 2. The lowest BCUT2D eigenvalue weighted by molar-refractivity contribution is 0.192. The third kappa shape index (κ3) is 6.11. The van der Waals surface area contributed by atoms with Crippen LogP contribution in [0.5, 0.6) is 0 Å². The van der Waals surface area contributed by atoms with Gasteiger partial charge < -0.3 is 10.6 Å². The predicted molar refractivity (Wildman–Crippen MR) is 89.0 cm³/mol. The largest absolute Gasteiger partial charge is 0.330 e. The highest BCUT2D eigenvalue weighted by Gasteiger charge is 2.23. The Labute approximate surface area is 126 Å². The minimum atomic E-state index is 0.772. The maximum atomic E-state index is 5.72. The molecule has 0 bridgehead atoms. The first kappa shape index (κ1) is 17.9. The molecule has 1 fully saturated rings. The average Bonchev–Trinajstić information content (AvgIpc) is 2.84. The van der Waals surface area contributed by atoms with Crippen molar-refractivity contribution in [2.24, 2.45) is 17.6 Å². The number of hydrogen-bond acceptors (Lipinski definition) is 3. The van der Waals surface area contributed by atoms with Crippen molar-refractivity contribution in [3.8, 4) is 0 Å². The minimum absolute atomic E-state index is 0.772. The van der Waals surface area contributed by atoms with Crippen molar-refractivity contribution in [3.05, 3.63) is 0 Å². The zero-order chi connectivity index (χ0) is 15.0. The molecule has 120 valence electrons. The van der Waals surface area contributed by atoms with Crippen LogP contribution in [-0.4, -0.2) is 55.6 Å². The van der Waals surface area contributed by atoms with Crippen LogP contribution < -0.4 is 5.73 Å². The van der Waals surface area contributed by atoms with E-state index in [9.17, 15) is 0 Å². The Morgan fingerprint density at radius 1 is 1.30 bits per heavy atom. The van der Waals surface area contributed by atoms with Crippen molar-refractivity contribution in [3.63, 3.8) is 0 Å².